The van der Waals surface area contributed by atoms with Gasteiger partial charge in [-0.2, -0.15) is 0 Å². The maximum atomic E-state index is 14.6. The highest BCUT2D eigenvalue weighted by Gasteiger charge is 2.46. The van der Waals surface area contributed by atoms with Gasteiger partial charge in [-0.3, -0.25) is 19.2 Å². The lowest BCUT2D eigenvalue weighted by Crippen LogP contribution is -2.60. The van der Waals surface area contributed by atoms with Gasteiger partial charge in [0.25, 0.3) is 0 Å². The van der Waals surface area contributed by atoms with E-state index in [4.69, 9.17) is 9.47 Å². The lowest BCUT2D eigenvalue weighted by molar-refractivity contribution is -0.144. The maximum Gasteiger partial charge on any atom is 0.247 e. The van der Waals surface area contributed by atoms with Crippen molar-refractivity contribution in [1.29, 1.82) is 0 Å². The summed E-state index contributed by atoms with van der Waals surface area (Å²) in [5.74, 6) is -0.753. The van der Waals surface area contributed by atoms with Crippen LogP contribution in [-0.2, 0) is 32.0 Å². The molecule has 0 saturated carbocycles. The normalized spacial score (nSPS) is 21.4. The molecule has 1 saturated heterocycles. The lowest BCUT2D eigenvalue weighted by Gasteiger charge is -2.33. The van der Waals surface area contributed by atoms with Gasteiger partial charge < -0.3 is 35.6 Å². The van der Waals surface area contributed by atoms with E-state index in [0.29, 0.717) is 36.3 Å². The largest absolute Gasteiger partial charge is 0.496 e. The van der Waals surface area contributed by atoms with Crippen LogP contribution in [0.3, 0.4) is 0 Å². The molecule has 3 aromatic carbocycles. The van der Waals surface area contributed by atoms with Crippen LogP contribution in [0.2, 0.25) is 0 Å². The van der Waals surface area contributed by atoms with Crippen LogP contribution >= 0.6 is 0 Å². The molecule has 2 aliphatic rings. The van der Waals surface area contributed by atoms with E-state index in [1.807, 2.05) is 74.5 Å². The number of carbonyl (C=O) groups excluding carboxylic acids is 4. The summed E-state index contributed by atoms with van der Waals surface area (Å²) >= 11 is 0. The summed E-state index contributed by atoms with van der Waals surface area (Å²) in [6, 6.07) is 20.9. The first kappa shape index (κ1) is 36.1. The third-order valence-corrected chi connectivity index (χ3v) is 9.51. The molecule has 4 amide bonds. The number of likely N-dealkylation sites (tertiary alicyclic amines) is 1. The van der Waals surface area contributed by atoms with Crippen molar-refractivity contribution in [2.45, 2.75) is 69.8 Å². The number of rotatable bonds is 11. The smallest absolute Gasteiger partial charge is 0.247 e. The van der Waals surface area contributed by atoms with Crippen LogP contribution in [0.25, 0.3) is 6.08 Å². The van der Waals surface area contributed by atoms with Crippen molar-refractivity contribution in [1.82, 2.24) is 26.2 Å². The maximum absolute atomic E-state index is 14.6. The number of benzene rings is 3. The van der Waals surface area contributed by atoms with Crippen molar-refractivity contribution < 1.29 is 28.7 Å². The summed E-state index contributed by atoms with van der Waals surface area (Å²) < 4.78 is 12.0. The van der Waals surface area contributed by atoms with Crippen LogP contribution in [0.4, 0.5) is 0 Å². The fourth-order valence-electron chi connectivity index (χ4n) is 6.48. The topological polar surface area (TPSA) is 138 Å². The fraction of sp³-hybridized carbons (Fsp3) is 0.385. The van der Waals surface area contributed by atoms with E-state index in [2.05, 4.69) is 21.3 Å². The summed E-state index contributed by atoms with van der Waals surface area (Å²) in [5, 5.41) is 11.8. The van der Waals surface area contributed by atoms with Gasteiger partial charge in [-0.25, -0.2) is 0 Å². The summed E-state index contributed by atoms with van der Waals surface area (Å²) in [5.41, 5.74) is 2.50. The Bertz CT molecular complexity index is 1670. The zero-order chi connectivity index (χ0) is 35.6. The van der Waals surface area contributed by atoms with Gasteiger partial charge in [-0.15, -0.1) is 0 Å². The lowest BCUT2D eigenvalue weighted by atomic mass is 9.97. The second kappa shape index (κ2) is 17.0. The highest BCUT2D eigenvalue weighted by atomic mass is 16.5. The number of carbonyl (C=O) groups is 4. The molecule has 5 rings (SSSR count). The van der Waals surface area contributed by atoms with Gasteiger partial charge in [0, 0.05) is 31.1 Å². The van der Waals surface area contributed by atoms with E-state index in [1.165, 1.54) is 11.1 Å². The molecule has 2 heterocycles. The van der Waals surface area contributed by atoms with Crippen LogP contribution in [0.15, 0.2) is 85.1 Å². The van der Waals surface area contributed by atoms with Gasteiger partial charge in [-0.05, 0) is 54.8 Å². The van der Waals surface area contributed by atoms with Crippen LogP contribution in [0, 0.1) is 5.92 Å². The summed E-state index contributed by atoms with van der Waals surface area (Å²) in [6.45, 7) is 4.05. The van der Waals surface area contributed by atoms with E-state index in [-0.39, 0.29) is 30.7 Å². The molecule has 2 bridgehead atoms. The molecule has 0 spiro atoms. The molecular weight excluding hydrogens is 634 g/mol. The van der Waals surface area contributed by atoms with Crippen LogP contribution in [0.1, 0.15) is 43.4 Å². The number of ether oxygens (including phenoxy) is 2. The Labute approximate surface area is 293 Å². The third kappa shape index (κ3) is 8.70. The van der Waals surface area contributed by atoms with Gasteiger partial charge in [0.15, 0.2) is 0 Å². The Morgan fingerprint density at radius 1 is 0.960 bits per heavy atom. The molecule has 11 heteroatoms. The molecule has 0 aromatic heterocycles. The standard InChI is InChI=1S/C39H47N5O6/c1-5-25(2)34-37(46)41-20-18-28-24-29(16-17-32(28)49-4)50-33-19-21-44(35(33)38(47)43-34)39(48)31(23-27-14-10-7-11-15-27)42-36(45)30(40-3)22-26-12-8-6-9-13-26/h6-18,20,24-25,30-31,33-35,40H,5,19,21-23H2,1-4H3,(H,41,46)(H,42,45)(H,43,47)/b20-18-/t25-,30-,31-,33-,34+,35-/m0/s1. The van der Waals surface area contributed by atoms with E-state index in [9.17, 15) is 19.2 Å². The quantitative estimate of drug-likeness (QED) is 0.244. The Balaban J connectivity index is 1.48. The van der Waals surface area contributed by atoms with E-state index < -0.39 is 42.1 Å². The molecule has 264 valence electrons. The van der Waals surface area contributed by atoms with Crippen molar-refractivity contribution in [3.8, 4) is 11.5 Å². The molecule has 0 radical (unpaired) electrons. The molecular formula is C39H47N5O6. The third-order valence-electron chi connectivity index (χ3n) is 9.51. The highest BCUT2D eigenvalue weighted by molar-refractivity contribution is 5.96. The SMILES string of the molecule is CC[C@H](C)[C@H]1NC(=O)[C@@H]2[C@H](CCN2C(=O)[C@H](Cc2ccccc2)NC(=O)[C@H](Cc2ccccc2)NC)Oc2ccc(OC)c(c2)/C=C\NC1=O. The van der Waals surface area contributed by atoms with Crippen molar-refractivity contribution in [3.05, 3.63) is 102 Å². The van der Waals surface area contributed by atoms with Crippen LogP contribution in [0.5, 0.6) is 11.5 Å². The molecule has 0 unspecified atom stereocenters. The van der Waals surface area contributed by atoms with Crippen LogP contribution in [-0.4, -0.2) is 79.5 Å². The molecule has 6 atom stereocenters. The van der Waals surface area contributed by atoms with Gasteiger partial charge in [-0.1, -0.05) is 80.9 Å². The van der Waals surface area contributed by atoms with Gasteiger partial charge in [0.2, 0.25) is 23.6 Å². The zero-order valence-corrected chi connectivity index (χ0v) is 29.1. The van der Waals surface area contributed by atoms with E-state index in [0.717, 1.165) is 11.1 Å². The molecule has 0 aliphatic carbocycles. The van der Waals surface area contributed by atoms with Crippen molar-refractivity contribution in [2.75, 3.05) is 20.7 Å². The number of fused-ring (bicyclic) bond motifs is 3. The summed E-state index contributed by atoms with van der Waals surface area (Å²) in [4.78, 5) is 57.6. The minimum Gasteiger partial charge on any atom is -0.496 e. The minimum absolute atomic E-state index is 0.203. The predicted octanol–water partition coefficient (Wildman–Crippen LogP) is 3.23. The number of likely N-dealkylation sites (N-methyl/N-ethyl adjacent to an activating group) is 1. The Morgan fingerprint density at radius 3 is 2.24 bits per heavy atom. The average Bonchev–Trinajstić information content (AvgIpc) is 3.55. The van der Waals surface area contributed by atoms with Gasteiger partial charge in [0.05, 0.1) is 13.2 Å². The molecule has 11 nitrogen and oxygen atoms in total. The number of hydrogen-bond donors (Lipinski definition) is 4. The number of nitrogens with zero attached hydrogens (tertiary/aromatic N) is 1. The Morgan fingerprint density at radius 2 is 1.62 bits per heavy atom. The summed E-state index contributed by atoms with van der Waals surface area (Å²) in [6.07, 6.45) is 4.15. The van der Waals surface area contributed by atoms with E-state index >= 15 is 0 Å². The molecule has 3 aromatic rings. The fourth-order valence-corrected chi connectivity index (χ4v) is 6.48. The second-order valence-electron chi connectivity index (χ2n) is 12.8. The van der Waals surface area contributed by atoms with Crippen molar-refractivity contribution in [2.24, 2.45) is 5.92 Å². The van der Waals surface area contributed by atoms with Crippen LogP contribution < -0.4 is 30.7 Å². The Hall–Kier alpha value is -5.16. The number of nitrogens with one attached hydrogen (secondary N) is 4. The Kier molecular flexibility index (Phi) is 12.3. The number of hydrogen-bond acceptors (Lipinski definition) is 7. The van der Waals surface area contributed by atoms with Crippen molar-refractivity contribution in [3.63, 3.8) is 0 Å². The zero-order valence-electron chi connectivity index (χ0n) is 29.1. The van der Waals surface area contributed by atoms with Gasteiger partial charge >= 0.3 is 0 Å². The second-order valence-corrected chi connectivity index (χ2v) is 12.8. The first-order chi connectivity index (χ1) is 24.2. The number of methoxy groups -OCH3 is 1. The first-order valence-electron chi connectivity index (χ1n) is 17.2. The van der Waals surface area contributed by atoms with Gasteiger partial charge in [0.1, 0.15) is 35.7 Å². The predicted molar refractivity (Wildman–Crippen MR) is 191 cm³/mol. The molecule has 1 fully saturated rings. The molecule has 4 N–H and O–H groups in total. The monoisotopic (exact) mass is 681 g/mol. The number of amides is 4. The average molecular weight is 682 g/mol. The molecule has 2 aliphatic heterocycles. The molecule has 50 heavy (non-hydrogen) atoms. The minimum atomic E-state index is -1.07. The van der Waals surface area contributed by atoms with E-state index in [1.54, 1.807) is 38.4 Å². The first-order valence-corrected chi connectivity index (χ1v) is 17.2. The highest BCUT2D eigenvalue weighted by Crippen LogP contribution is 2.30. The van der Waals surface area contributed by atoms with Crippen molar-refractivity contribution >= 4 is 29.7 Å². The summed E-state index contributed by atoms with van der Waals surface area (Å²) in [7, 11) is 3.27.